The molecule has 18 heavy (non-hydrogen) atoms. The minimum absolute atomic E-state index is 0.608. The Hall–Kier alpha value is -0.680. The molecule has 0 aliphatic heterocycles. The van der Waals surface area contributed by atoms with Crippen molar-refractivity contribution < 1.29 is 23.9 Å². The monoisotopic (exact) mass is 292 g/mol. The molecule has 0 aliphatic carbocycles. The van der Waals surface area contributed by atoms with Crippen molar-refractivity contribution in [1.29, 1.82) is 0 Å². The van der Waals surface area contributed by atoms with E-state index >= 15 is 0 Å². The van der Waals surface area contributed by atoms with Crippen LogP contribution in [-0.4, -0.2) is 27.3 Å². The van der Waals surface area contributed by atoms with Crippen molar-refractivity contribution in [3.8, 4) is 5.06 Å². The van der Waals surface area contributed by atoms with Gasteiger partial charge in [-0.25, -0.2) is 0 Å². The smallest absolute Gasteiger partial charge is 0.333 e. The van der Waals surface area contributed by atoms with Crippen molar-refractivity contribution >= 4 is 24.7 Å². The summed E-state index contributed by atoms with van der Waals surface area (Å²) >= 11 is 1.41. The van der Waals surface area contributed by atoms with Gasteiger partial charge in [0, 0.05) is 10.4 Å². The molecule has 5 nitrogen and oxygen atoms in total. The summed E-state index contributed by atoms with van der Waals surface area (Å²) in [6.45, 7) is 6.82. The Bertz CT molecular complexity index is 500. The average molecular weight is 292 g/mol. The molecule has 0 bridgehead atoms. The van der Waals surface area contributed by atoms with Crippen molar-refractivity contribution in [2.45, 2.75) is 33.3 Å². The number of thiophene rings is 1. The zero-order valence-corrected chi connectivity index (χ0v) is 12.5. The Balaban J connectivity index is 2.84. The van der Waals surface area contributed by atoms with Crippen LogP contribution in [0, 0.1) is 13.8 Å². The van der Waals surface area contributed by atoms with E-state index in [1.165, 1.54) is 25.2 Å². The molecule has 0 fully saturated rings. The SMILES string of the molecule is Cc1cc(C)c(OC(C)(C)C(=O)CP(=O)(O)O)s1. The predicted octanol–water partition coefficient (Wildman–Crippen LogP) is 2.27. The highest BCUT2D eigenvalue weighted by molar-refractivity contribution is 7.52. The van der Waals surface area contributed by atoms with Gasteiger partial charge in [0.1, 0.15) is 6.16 Å². The zero-order valence-electron chi connectivity index (χ0n) is 10.8. The third-order valence-corrected chi connectivity index (χ3v) is 4.09. The lowest BCUT2D eigenvalue weighted by Crippen LogP contribution is -2.40. The first-order valence-corrected chi connectivity index (χ1v) is 7.96. The Morgan fingerprint density at radius 2 is 2.00 bits per heavy atom. The normalized spacial score (nSPS) is 12.6. The van der Waals surface area contributed by atoms with Crippen LogP contribution >= 0.6 is 18.9 Å². The van der Waals surface area contributed by atoms with Gasteiger partial charge in [-0.15, -0.1) is 11.3 Å². The molecule has 7 heteroatoms. The summed E-state index contributed by atoms with van der Waals surface area (Å²) in [5, 5.41) is 0.608. The summed E-state index contributed by atoms with van der Waals surface area (Å²) < 4.78 is 16.4. The van der Waals surface area contributed by atoms with Gasteiger partial charge in [-0.1, -0.05) is 0 Å². The first-order valence-electron chi connectivity index (χ1n) is 5.35. The van der Waals surface area contributed by atoms with Crippen LogP contribution in [0.1, 0.15) is 24.3 Å². The minimum Gasteiger partial charge on any atom is -0.470 e. The third-order valence-electron chi connectivity index (χ3n) is 2.36. The molecule has 0 radical (unpaired) electrons. The second-order valence-corrected chi connectivity index (χ2v) is 7.55. The number of aryl methyl sites for hydroxylation is 2. The summed E-state index contributed by atoms with van der Waals surface area (Å²) in [4.78, 5) is 30.5. The van der Waals surface area contributed by atoms with E-state index in [1.807, 2.05) is 19.9 Å². The summed E-state index contributed by atoms with van der Waals surface area (Å²) in [5.41, 5.74) is -0.335. The number of ketones is 1. The third kappa shape index (κ3) is 4.21. The van der Waals surface area contributed by atoms with Crippen molar-refractivity contribution in [3.05, 3.63) is 16.5 Å². The molecule has 0 aliphatic rings. The summed E-state index contributed by atoms with van der Waals surface area (Å²) in [6, 6.07) is 1.93. The topological polar surface area (TPSA) is 83.8 Å². The van der Waals surface area contributed by atoms with Gasteiger partial charge < -0.3 is 14.5 Å². The van der Waals surface area contributed by atoms with Gasteiger partial charge in [0.15, 0.2) is 16.4 Å². The molecule has 102 valence electrons. The number of carbonyl (C=O) groups is 1. The second kappa shape index (κ2) is 5.13. The van der Waals surface area contributed by atoms with Gasteiger partial charge >= 0.3 is 7.60 Å². The van der Waals surface area contributed by atoms with Crippen LogP contribution in [0.5, 0.6) is 5.06 Å². The maximum Gasteiger partial charge on any atom is 0.333 e. The molecule has 1 heterocycles. The fourth-order valence-electron chi connectivity index (χ4n) is 1.39. The Morgan fingerprint density at radius 3 is 2.39 bits per heavy atom. The fourth-order valence-corrected chi connectivity index (χ4v) is 3.14. The molecule has 0 amide bonds. The fraction of sp³-hybridized carbons (Fsp3) is 0.545. The largest absolute Gasteiger partial charge is 0.470 e. The van der Waals surface area contributed by atoms with Gasteiger partial charge in [0.2, 0.25) is 0 Å². The maximum atomic E-state index is 11.8. The minimum atomic E-state index is -4.36. The predicted molar refractivity (Wildman–Crippen MR) is 70.4 cm³/mol. The molecule has 0 aromatic carbocycles. The van der Waals surface area contributed by atoms with Crippen LogP contribution in [0.4, 0.5) is 0 Å². The number of carbonyl (C=O) groups excluding carboxylic acids is 1. The number of hydrogen-bond acceptors (Lipinski definition) is 4. The molecule has 2 N–H and O–H groups in total. The Kier molecular flexibility index (Phi) is 4.38. The highest BCUT2D eigenvalue weighted by Gasteiger charge is 2.35. The van der Waals surface area contributed by atoms with Crippen molar-refractivity contribution in [2.24, 2.45) is 0 Å². The van der Waals surface area contributed by atoms with E-state index in [2.05, 4.69) is 0 Å². The average Bonchev–Trinajstić information content (AvgIpc) is 2.41. The van der Waals surface area contributed by atoms with Crippen molar-refractivity contribution in [2.75, 3.05) is 6.16 Å². The van der Waals surface area contributed by atoms with E-state index in [9.17, 15) is 9.36 Å². The first-order chi connectivity index (χ1) is 8.01. The van der Waals surface area contributed by atoms with Crippen LogP contribution in [0.15, 0.2) is 6.07 Å². The number of hydrogen-bond donors (Lipinski definition) is 2. The molecule has 0 saturated carbocycles. The molecule has 0 atom stereocenters. The van der Waals surface area contributed by atoms with Gasteiger partial charge in [-0.3, -0.25) is 9.36 Å². The van der Waals surface area contributed by atoms with E-state index in [-0.39, 0.29) is 0 Å². The van der Waals surface area contributed by atoms with Crippen molar-refractivity contribution in [1.82, 2.24) is 0 Å². The van der Waals surface area contributed by atoms with Gasteiger partial charge in [-0.2, -0.15) is 0 Å². The second-order valence-electron chi connectivity index (χ2n) is 4.69. The van der Waals surface area contributed by atoms with E-state index < -0.39 is 25.1 Å². The summed E-state index contributed by atoms with van der Waals surface area (Å²) in [5.74, 6) is -0.610. The molecule has 0 saturated heterocycles. The van der Waals surface area contributed by atoms with Gasteiger partial charge in [0.05, 0.1) is 0 Å². The lowest BCUT2D eigenvalue weighted by atomic mass is 10.1. The molecule has 1 rings (SSSR count). The number of ether oxygens (including phenoxy) is 1. The van der Waals surface area contributed by atoms with Crippen LogP contribution in [0.25, 0.3) is 0 Å². The van der Waals surface area contributed by atoms with E-state index in [0.717, 1.165) is 10.4 Å². The van der Waals surface area contributed by atoms with Crippen LogP contribution in [0.3, 0.4) is 0 Å². The number of rotatable bonds is 5. The van der Waals surface area contributed by atoms with Crippen LogP contribution in [0.2, 0.25) is 0 Å². The number of Topliss-reactive ketones (excluding diaryl/α,β-unsaturated/α-hetero) is 1. The van der Waals surface area contributed by atoms with E-state index in [4.69, 9.17) is 14.5 Å². The summed E-state index contributed by atoms with van der Waals surface area (Å²) in [7, 11) is -4.36. The zero-order chi connectivity index (χ0) is 14.1. The molecule has 0 unspecified atom stereocenters. The quantitative estimate of drug-likeness (QED) is 0.813. The van der Waals surface area contributed by atoms with Gasteiger partial charge in [0.25, 0.3) is 0 Å². The van der Waals surface area contributed by atoms with Gasteiger partial charge in [-0.05, 0) is 33.8 Å². The molecule has 1 aromatic rings. The van der Waals surface area contributed by atoms with E-state index in [0.29, 0.717) is 5.06 Å². The highest BCUT2D eigenvalue weighted by Crippen LogP contribution is 2.37. The Labute approximate surface area is 110 Å². The standard InChI is InChI=1S/C11H17O5PS/c1-7-5-8(2)18-10(7)16-11(3,4)9(12)6-17(13,14)15/h5H,6H2,1-4H3,(H2,13,14,15). The first kappa shape index (κ1) is 15.4. The Morgan fingerprint density at radius 1 is 1.44 bits per heavy atom. The highest BCUT2D eigenvalue weighted by atomic mass is 32.1. The maximum absolute atomic E-state index is 11.8. The molecular weight excluding hydrogens is 275 g/mol. The van der Waals surface area contributed by atoms with E-state index in [1.54, 1.807) is 0 Å². The van der Waals surface area contributed by atoms with Crippen LogP contribution in [-0.2, 0) is 9.36 Å². The lowest BCUT2D eigenvalue weighted by molar-refractivity contribution is -0.129. The van der Waals surface area contributed by atoms with Crippen LogP contribution < -0.4 is 4.74 Å². The molecular formula is C11H17O5PS. The lowest BCUT2D eigenvalue weighted by Gasteiger charge is -2.24. The molecule has 0 spiro atoms. The molecule has 1 aromatic heterocycles. The summed E-state index contributed by atoms with van der Waals surface area (Å²) in [6.07, 6.45) is -0.802. The van der Waals surface area contributed by atoms with Crippen molar-refractivity contribution in [3.63, 3.8) is 0 Å².